The SMILES string of the molecule is CCNc1cc(COc2ccc(Br)cc2)ccn1. The van der Waals surface area contributed by atoms with Gasteiger partial charge in [-0.2, -0.15) is 0 Å². The zero-order valence-corrected chi connectivity index (χ0v) is 11.8. The number of benzene rings is 1. The van der Waals surface area contributed by atoms with Crippen molar-refractivity contribution in [3.63, 3.8) is 0 Å². The van der Waals surface area contributed by atoms with Gasteiger partial charge in [0.05, 0.1) is 0 Å². The fourth-order valence-corrected chi connectivity index (χ4v) is 1.80. The number of hydrogen-bond acceptors (Lipinski definition) is 3. The molecule has 0 fully saturated rings. The predicted molar refractivity (Wildman–Crippen MR) is 76.9 cm³/mol. The summed E-state index contributed by atoms with van der Waals surface area (Å²) in [5, 5.41) is 3.18. The molecule has 94 valence electrons. The third-order valence-electron chi connectivity index (χ3n) is 2.40. The van der Waals surface area contributed by atoms with E-state index in [1.165, 1.54) is 0 Å². The molecule has 0 aliphatic rings. The Labute approximate surface area is 115 Å². The van der Waals surface area contributed by atoms with Crippen molar-refractivity contribution in [2.75, 3.05) is 11.9 Å². The summed E-state index contributed by atoms with van der Waals surface area (Å²) in [6.45, 7) is 3.46. The number of nitrogens with one attached hydrogen (secondary N) is 1. The second-order valence-corrected chi connectivity index (χ2v) is 4.74. The molecule has 18 heavy (non-hydrogen) atoms. The smallest absolute Gasteiger partial charge is 0.126 e. The number of ether oxygens (including phenoxy) is 1. The van der Waals surface area contributed by atoms with Crippen molar-refractivity contribution in [3.05, 3.63) is 52.6 Å². The maximum atomic E-state index is 5.70. The first-order valence-corrected chi connectivity index (χ1v) is 6.64. The van der Waals surface area contributed by atoms with Gasteiger partial charge in [-0.3, -0.25) is 0 Å². The summed E-state index contributed by atoms with van der Waals surface area (Å²) in [7, 11) is 0. The highest BCUT2D eigenvalue weighted by Crippen LogP contribution is 2.17. The maximum absolute atomic E-state index is 5.70. The van der Waals surface area contributed by atoms with Crippen LogP contribution in [0.4, 0.5) is 5.82 Å². The number of nitrogens with zero attached hydrogens (tertiary/aromatic N) is 1. The standard InChI is InChI=1S/C14H15BrN2O/c1-2-16-14-9-11(7-8-17-14)10-18-13-5-3-12(15)4-6-13/h3-9H,2,10H2,1H3,(H,16,17). The van der Waals surface area contributed by atoms with Crippen molar-refractivity contribution in [1.82, 2.24) is 4.98 Å². The fraction of sp³-hybridized carbons (Fsp3) is 0.214. The Morgan fingerprint density at radius 2 is 2.00 bits per heavy atom. The van der Waals surface area contributed by atoms with Crippen molar-refractivity contribution in [1.29, 1.82) is 0 Å². The van der Waals surface area contributed by atoms with Gasteiger partial charge in [-0.15, -0.1) is 0 Å². The van der Waals surface area contributed by atoms with E-state index < -0.39 is 0 Å². The lowest BCUT2D eigenvalue weighted by Crippen LogP contribution is -2.01. The lowest BCUT2D eigenvalue weighted by Gasteiger charge is -2.08. The summed E-state index contributed by atoms with van der Waals surface area (Å²) in [4.78, 5) is 4.22. The van der Waals surface area contributed by atoms with Crippen LogP contribution in [0.3, 0.4) is 0 Å². The van der Waals surface area contributed by atoms with E-state index in [-0.39, 0.29) is 0 Å². The van der Waals surface area contributed by atoms with Gasteiger partial charge in [-0.05, 0) is 48.9 Å². The lowest BCUT2D eigenvalue weighted by molar-refractivity contribution is 0.306. The van der Waals surface area contributed by atoms with E-state index in [4.69, 9.17) is 4.74 Å². The van der Waals surface area contributed by atoms with Gasteiger partial charge in [0, 0.05) is 17.2 Å². The quantitative estimate of drug-likeness (QED) is 0.911. The number of hydrogen-bond donors (Lipinski definition) is 1. The van der Waals surface area contributed by atoms with Crippen LogP contribution < -0.4 is 10.1 Å². The first kappa shape index (κ1) is 12.9. The third kappa shape index (κ3) is 3.74. The minimum absolute atomic E-state index is 0.544. The molecule has 0 aliphatic heterocycles. The molecule has 0 saturated heterocycles. The van der Waals surface area contributed by atoms with Gasteiger partial charge in [0.15, 0.2) is 0 Å². The molecule has 2 aromatic rings. The third-order valence-corrected chi connectivity index (χ3v) is 2.93. The predicted octanol–water partition coefficient (Wildman–Crippen LogP) is 3.85. The zero-order chi connectivity index (χ0) is 12.8. The van der Waals surface area contributed by atoms with E-state index in [1.807, 2.05) is 43.3 Å². The van der Waals surface area contributed by atoms with Gasteiger partial charge >= 0.3 is 0 Å². The Balaban J connectivity index is 1.97. The Morgan fingerprint density at radius 3 is 2.72 bits per heavy atom. The molecule has 0 unspecified atom stereocenters. The Kier molecular flexibility index (Phi) is 4.59. The summed E-state index contributed by atoms with van der Waals surface area (Å²) < 4.78 is 6.75. The van der Waals surface area contributed by atoms with Gasteiger partial charge in [0.25, 0.3) is 0 Å². The second-order valence-electron chi connectivity index (χ2n) is 3.82. The zero-order valence-electron chi connectivity index (χ0n) is 10.2. The largest absolute Gasteiger partial charge is 0.489 e. The van der Waals surface area contributed by atoms with Crippen molar-refractivity contribution < 1.29 is 4.74 Å². The number of anilines is 1. The molecule has 4 heteroatoms. The highest BCUT2D eigenvalue weighted by atomic mass is 79.9. The molecule has 2 rings (SSSR count). The van der Waals surface area contributed by atoms with Crippen molar-refractivity contribution in [3.8, 4) is 5.75 Å². The molecule has 0 amide bonds. The summed E-state index contributed by atoms with van der Waals surface area (Å²) in [6, 6.07) is 11.8. The van der Waals surface area contributed by atoms with Crippen LogP contribution >= 0.6 is 15.9 Å². The number of halogens is 1. The molecule has 0 aliphatic carbocycles. The summed E-state index contributed by atoms with van der Waals surface area (Å²) in [5.74, 6) is 1.74. The highest BCUT2D eigenvalue weighted by molar-refractivity contribution is 9.10. The Bertz CT molecular complexity index is 499. The van der Waals surface area contributed by atoms with Gasteiger partial charge < -0.3 is 10.1 Å². The minimum Gasteiger partial charge on any atom is -0.489 e. The second kappa shape index (κ2) is 6.40. The number of rotatable bonds is 5. The molecule has 1 N–H and O–H groups in total. The van der Waals surface area contributed by atoms with Crippen LogP contribution in [0, 0.1) is 0 Å². The van der Waals surface area contributed by atoms with E-state index in [1.54, 1.807) is 6.20 Å². The van der Waals surface area contributed by atoms with Crippen molar-refractivity contribution in [2.45, 2.75) is 13.5 Å². The summed E-state index contributed by atoms with van der Waals surface area (Å²) >= 11 is 3.40. The number of pyridine rings is 1. The van der Waals surface area contributed by atoms with E-state index in [0.29, 0.717) is 6.61 Å². The molecule has 3 nitrogen and oxygen atoms in total. The molecule has 0 spiro atoms. The topological polar surface area (TPSA) is 34.1 Å². The summed E-state index contributed by atoms with van der Waals surface area (Å²) in [6.07, 6.45) is 1.79. The first-order valence-electron chi connectivity index (χ1n) is 5.85. The molecule has 0 bridgehead atoms. The van der Waals surface area contributed by atoms with Crippen LogP contribution in [0.5, 0.6) is 5.75 Å². The molecule has 0 atom stereocenters. The van der Waals surface area contributed by atoms with E-state index in [2.05, 4.69) is 26.2 Å². The van der Waals surface area contributed by atoms with Crippen LogP contribution in [0.15, 0.2) is 47.1 Å². The highest BCUT2D eigenvalue weighted by Gasteiger charge is 1.98. The van der Waals surface area contributed by atoms with E-state index >= 15 is 0 Å². The maximum Gasteiger partial charge on any atom is 0.126 e. The Hall–Kier alpha value is -1.55. The average molecular weight is 307 g/mol. The van der Waals surface area contributed by atoms with Crippen LogP contribution in [0.25, 0.3) is 0 Å². The molecule has 1 aromatic carbocycles. The van der Waals surface area contributed by atoms with Crippen molar-refractivity contribution >= 4 is 21.7 Å². The summed E-state index contributed by atoms with van der Waals surface area (Å²) in [5.41, 5.74) is 1.10. The molecule has 0 saturated carbocycles. The van der Waals surface area contributed by atoms with Gasteiger partial charge in [-0.1, -0.05) is 15.9 Å². The minimum atomic E-state index is 0.544. The van der Waals surface area contributed by atoms with E-state index in [9.17, 15) is 0 Å². The van der Waals surface area contributed by atoms with Gasteiger partial charge in [0.2, 0.25) is 0 Å². The van der Waals surface area contributed by atoms with Crippen LogP contribution in [-0.4, -0.2) is 11.5 Å². The number of aromatic nitrogens is 1. The van der Waals surface area contributed by atoms with Gasteiger partial charge in [-0.25, -0.2) is 4.98 Å². The van der Waals surface area contributed by atoms with Crippen LogP contribution in [-0.2, 0) is 6.61 Å². The monoisotopic (exact) mass is 306 g/mol. The normalized spacial score (nSPS) is 10.1. The molecular weight excluding hydrogens is 292 g/mol. The molecular formula is C14H15BrN2O. The molecule has 1 aromatic heterocycles. The first-order chi connectivity index (χ1) is 8.78. The molecule has 0 radical (unpaired) electrons. The fourth-order valence-electron chi connectivity index (χ4n) is 1.54. The van der Waals surface area contributed by atoms with Crippen molar-refractivity contribution in [2.24, 2.45) is 0 Å². The average Bonchev–Trinajstić information content (AvgIpc) is 2.39. The molecule has 1 heterocycles. The van der Waals surface area contributed by atoms with Gasteiger partial charge in [0.1, 0.15) is 18.2 Å². The lowest BCUT2D eigenvalue weighted by atomic mass is 10.2. The Morgan fingerprint density at radius 1 is 1.22 bits per heavy atom. The van der Waals surface area contributed by atoms with Crippen LogP contribution in [0.2, 0.25) is 0 Å². The van der Waals surface area contributed by atoms with Crippen LogP contribution in [0.1, 0.15) is 12.5 Å². The van der Waals surface area contributed by atoms with E-state index in [0.717, 1.165) is 28.1 Å².